The lowest BCUT2D eigenvalue weighted by Gasteiger charge is -2.37. The van der Waals surface area contributed by atoms with Crippen LogP contribution in [0, 0.1) is 11.3 Å². The van der Waals surface area contributed by atoms with E-state index >= 15 is 0 Å². The lowest BCUT2D eigenvalue weighted by atomic mass is 10.1. The third kappa shape index (κ3) is 2.75. The maximum atomic E-state index is 12.2. The van der Waals surface area contributed by atoms with Gasteiger partial charge in [-0.25, -0.2) is 0 Å². The lowest BCUT2D eigenvalue weighted by molar-refractivity contribution is -0.121. The van der Waals surface area contributed by atoms with Crippen LogP contribution >= 0.6 is 0 Å². The molecule has 1 aromatic rings. The van der Waals surface area contributed by atoms with Crippen molar-refractivity contribution in [3.63, 3.8) is 0 Å². The molecule has 1 aliphatic rings. The molecule has 19 heavy (non-hydrogen) atoms. The largest absolute Gasteiger partial charge is 0.329 e. The van der Waals surface area contributed by atoms with Crippen LogP contribution in [0.15, 0.2) is 24.3 Å². The van der Waals surface area contributed by atoms with E-state index in [1.54, 1.807) is 17.0 Å². The van der Waals surface area contributed by atoms with Crippen molar-refractivity contribution in [3.8, 4) is 6.07 Å². The second kappa shape index (κ2) is 5.83. The number of anilines is 1. The number of hydrogen-bond donors (Lipinski definition) is 1. The van der Waals surface area contributed by atoms with E-state index in [0.29, 0.717) is 30.9 Å². The zero-order chi connectivity index (χ0) is 13.8. The van der Waals surface area contributed by atoms with E-state index in [9.17, 15) is 4.79 Å². The van der Waals surface area contributed by atoms with Crippen LogP contribution in [-0.4, -0.2) is 43.0 Å². The molecule has 1 amide bonds. The van der Waals surface area contributed by atoms with Crippen molar-refractivity contribution < 1.29 is 4.79 Å². The molecular formula is C14H18N4O. The minimum Gasteiger partial charge on any atom is -0.329 e. The highest BCUT2D eigenvalue weighted by Gasteiger charge is 2.28. The van der Waals surface area contributed by atoms with E-state index in [0.717, 1.165) is 6.54 Å². The molecule has 1 aromatic carbocycles. The van der Waals surface area contributed by atoms with E-state index < -0.39 is 0 Å². The van der Waals surface area contributed by atoms with Crippen LogP contribution in [0.4, 0.5) is 5.69 Å². The fourth-order valence-electron chi connectivity index (χ4n) is 2.27. The van der Waals surface area contributed by atoms with Gasteiger partial charge in [-0.05, 0) is 19.1 Å². The molecule has 100 valence electrons. The number of nitrogens with zero attached hydrogens (tertiary/aromatic N) is 3. The molecule has 2 N–H and O–H groups in total. The second-order valence-corrected chi connectivity index (χ2v) is 4.73. The number of carbonyl (C=O) groups is 1. The monoisotopic (exact) mass is 258 g/mol. The summed E-state index contributed by atoms with van der Waals surface area (Å²) in [5.41, 5.74) is 6.87. The Morgan fingerprint density at radius 3 is 2.79 bits per heavy atom. The van der Waals surface area contributed by atoms with Crippen LogP contribution < -0.4 is 10.6 Å². The van der Waals surface area contributed by atoms with Crippen LogP contribution in [0.25, 0.3) is 0 Å². The molecular weight excluding hydrogens is 240 g/mol. The van der Waals surface area contributed by atoms with Gasteiger partial charge in [-0.15, -0.1) is 0 Å². The van der Waals surface area contributed by atoms with Crippen molar-refractivity contribution in [1.82, 2.24) is 4.90 Å². The Hall–Kier alpha value is -1.90. The molecule has 1 atom stereocenters. The zero-order valence-corrected chi connectivity index (χ0v) is 11.0. The number of nitrogens with two attached hydrogens (primary N) is 1. The fraction of sp³-hybridized carbons (Fsp3) is 0.429. The van der Waals surface area contributed by atoms with E-state index in [2.05, 4.69) is 11.0 Å². The van der Waals surface area contributed by atoms with Crippen LogP contribution in [0.5, 0.6) is 0 Å². The van der Waals surface area contributed by atoms with Gasteiger partial charge in [0.25, 0.3) is 0 Å². The Kier molecular flexibility index (Phi) is 4.15. The SMILES string of the molecule is CC(CN)N1CCN(c2ccccc2C#N)C(=O)C1. The zero-order valence-electron chi connectivity index (χ0n) is 11.0. The summed E-state index contributed by atoms with van der Waals surface area (Å²) in [6, 6.07) is 9.54. The molecule has 0 bridgehead atoms. The predicted molar refractivity (Wildman–Crippen MR) is 73.6 cm³/mol. The molecule has 1 saturated heterocycles. The highest BCUT2D eigenvalue weighted by Crippen LogP contribution is 2.22. The predicted octanol–water partition coefficient (Wildman–Crippen LogP) is 0.554. The fourth-order valence-corrected chi connectivity index (χ4v) is 2.27. The minimum atomic E-state index is 0.0225. The van der Waals surface area contributed by atoms with Gasteiger partial charge < -0.3 is 10.6 Å². The highest BCUT2D eigenvalue weighted by molar-refractivity contribution is 5.96. The summed E-state index contributed by atoms with van der Waals surface area (Å²) in [5, 5.41) is 9.10. The number of rotatable bonds is 3. The molecule has 0 aliphatic carbocycles. The number of hydrogen-bond acceptors (Lipinski definition) is 4. The summed E-state index contributed by atoms with van der Waals surface area (Å²) in [6.07, 6.45) is 0. The molecule has 0 spiro atoms. The first-order chi connectivity index (χ1) is 9.17. The second-order valence-electron chi connectivity index (χ2n) is 4.73. The Morgan fingerprint density at radius 2 is 2.16 bits per heavy atom. The average molecular weight is 258 g/mol. The standard InChI is InChI=1S/C14H18N4O/c1-11(8-15)17-6-7-18(14(19)10-17)13-5-3-2-4-12(13)9-16/h2-5,11H,6-8,10,15H2,1H3. The van der Waals surface area contributed by atoms with Gasteiger partial charge in [0.1, 0.15) is 6.07 Å². The van der Waals surface area contributed by atoms with E-state index in [4.69, 9.17) is 11.0 Å². The first-order valence-corrected chi connectivity index (χ1v) is 6.41. The Labute approximate surface area is 113 Å². The van der Waals surface area contributed by atoms with Gasteiger partial charge in [0.15, 0.2) is 0 Å². The van der Waals surface area contributed by atoms with Crippen molar-refractivity contribution in [1.29, 1.82) is 5.26 Å². The number of amides is 1. The van der Waals surface area contributed by atoms with Gasteiger partial charge in [0, 0.05) is 25.7 Å². The third-order valence-electron chi connectivity index (χ3n) is 3.53. The van der Waals surface area contributed by atoms with Gasteiger partial charge in [0.05, 0.1) is 17.8 Å². The van der Waals surface area contributed by atoms with Crippen LogP contribution in [-0.2, 0) is 4.79 Å². The van der Waals surface area contributed by atoms with Gasteiger partial charge in [0.2, 0.25) is 5.91 Å². The smallest absolute Gasteiger partial charge is 0.241 e. The van der Waals surface area contributed by atoms with Gasteiger partial charge >= 0.3 is 0 Å². The average Bonchev–Trinajstić information content (AvgIpc) is 2.46. The Morgan fingerprint density at radius 1 is 1.42 bits per heavy atom. The Bertz CT molecular complexity index is 508. The van der Waals surface area contributed by atoms with Gasteiger partial charge in [-0.2, -0.15) is 5.26 Å². The van der Waals surface area contributed by atoms with Crippen LogP contribution in [0.3, 0.4) is 0 Å². The number of para-hydroxylation sites is 1. The molecule has 2 rings (SSSR count). The summed E-state index contributed by atoms with van der Waals surface area (Å²) < 4.78 is 0. The molecule has 1 heterocycles. The topological polar surface area (TPSA) is 73.4 Å². The molecule has 1 fully saturated rings. The maximum Gasteiger partial charge on any atom is 0.241 e. The van der Waals surface area contributed by atoms with Crippen molar-refractivity contribution in [3.05, 3.63) is 29.8 Å². The molecule has 0 aromatic heterocycles. The van der Waals surface area contributed by atoms with Crippen molar-refractivity contribution in [2.45, 2.75) is 13.0 Å². The Balaban J connectivity index is 2.17. The van der Waals surface area contributed by atoms with E-state index in [1.165, 1.54) is 0 Å². The number of nitriles is 1. The van der Waals surface area contributed by atoms with Crippen molar-refractivity contribution in [2.24, 2.45) is 5.73 Å². The number of carbonyl (C=O) groups excluding carboxylic acids is 1. The summed E-state index contributed by atoms with van der Waals surface area (Å²) in [6.45, 7) is 4.30. The van der Waals surface area contributed by atoms with Gasteiger partial charge in [-0.3, -0.25) is 9.69 Å². The minimum absolute atomic E-state index is 0.0225. The van der Waals surface area contributed by atoms with E-state index in [1.807, 2.05) is 19.1 Å². The number of benzene rings is 1. The summed E-state index contributed by atoms with van der Waals surface area (Å²) in [5.74, 6) is 0.0225. The van der Waals surface area contributed by atoms with Crippen molar-refractivity contribution >= 4 is 11.6 Å². The first-order valence-electron chi connectivity index (χ1n) is 6.41. The normalized spacial score (nSPS) is 18.2. The van der Waals surface area contributed by atoms with Crippen molar-refractivity contribution in [2.75, 3.05) is 31.1 Å². The third-order valence-corrected chi connectivity index (χ3v) is 3.53. The molecule has 5 heteroatoms. The van der Waals surface area contributed by atoms with Crippen LogP contribution in [0.2, 0.25) is 0 Å². The molecule has 1 unspecified atom stereocenters. The highest BCUT2D eigenvalue weighted by atomic mass is 16.2. The summed E-state index contributed by atoms with van der Waals surface area (Å²) in [4.78, 5) is 16.0. The molecule has 0 radical (unpaired) electrons. The van der Waals surface area contributed by atoms with E-state index in [-0.39, 0.29) is 11.9 Å². The molecule has 5 nitrogen and oxygen atoms in total. The number of piperazine rings is 1. The summed E-state index contributed by atoms with van der Waals surface area (Å²) in [7, 11) is 0. The quantitative estimate of drug-likeness (QED) is 0.859. The summed E-state index contributed by atoms with van der Waals surface area (Å²) >= 11 is 0. The van der Waals surface area contributed by atoms with Gasteiger partial charge in [-0.1, -0.05) is 12.1 Å². The molecule has 1 aliphatic heterocycles. The molecule has 0 saturated carbocycles. The first kappa shape index (κ1) is 13.5. The maximum absolute atomic E-state index is 12.2. The lowest BCUT2D eigenvalue weighted by Crippen LogP contribution is -2.54. The van der Waals surface area contributed by atoms with Crippen LogP contribution in [0.1, 0.15) is 12.5 Å².